The summed E-state index contributed by atoms with van der Waals surface area (Å²) in [5.74, 6) is -1.20. The number of β-amino-alcohol motifs (C(OH)–C–C–N with tert-alkyl or cyclic N) is 1. The van der Waals surface area contributed by atoms with E-state index in [-0.39, 0.29) is 12.2 Å². The summed E-state index contributed by atoms with van der Waals surface area (Å²) < 4.78 is 15.6. The average Bonchev–Trinajstić information content (AvgIpc) is 3.10. The average molecular weight is 718 g/mol. The van der Waals surface area contributed by atoms with Crippen molar-refractivity contribution in [1.29, 1.82) is 0 Å². The first-order valence-corrected chi connectivity index (χ1v) is 16.8. The molecule has 1 aliphatic heterocycles. The van der Waals surface area contributed by atoms with E-state index in [2.05, 4.69) is 30.5 Å². The summed E-state index contributed by atoms with van der Waals surface area (Å²) in [7, 11) is 0. The van der Waals surface area contributed by atoms with E-state index in [0.717, 1.165) is 35.0 Å². The maximum Gasteiger partial charge on any atom is 0.323 e. The van der Waals surface area contributed by atoms with Gasteiger partial charge in [0.25, 0.3) is 0 Å². The molecule has 2 atom stereocenters. The van der Waals surface area contributed by atoms with E-state index >= 15 is 4.39 Å². The zero-order chi connectivity index (χ0) is 35.4. The number of benzene rings is 2. The van der Waals surface area contributed by atoms with Crippen LogP contribution in [-0.2, 0) is 24.3 Å². The fourth-order valence-electron chi connectivity index (χ4n) is 5.97. The van der Waals surface area contributed by atoms with Crippen molar-refractivity contribution < 1.29 is 24.5 Å². The number of hydrogen-bond donors (Lipinski definition) is 5. The van der Waals surface area contributed by atoms with Crippen molar-refractivity contribution in [2.45, 2.75) is 38.6 Å². The minimum Gasteiger partial charge on any atom is -0.480 e. The number of carbonyl (C=O) groups is 1. The molecule has 0 saturated carbocycles. The minimum absolute atomic E-state index is 0.201. The lowest BCUT2D eigenvalue weighted by atomic mass is 9.99. The second-order valence-corrected chi connectivity index (χ2v) is 13.0. The van der Waals surface area contributed by atoms with Crippen LogP contribution in [0.1, 0.15) is 34.9 Å². The zero-order valence-electron chi connectivity index (χ0n) is 27.1. The standard InChI is InChI=1S/C37H35Cl2FN6O4/c1-21(48)18-46-11-9-23-14-31(43-17-26(23)19-46)29(40)13-24-4-2-5-27(33(24)38)28-6-3-7-30(34(28)39)45-36-35-25(8-10-41-36)12-22(16-44-35)15-42-32(20-47)37(49)50/h2-8,10,12-14,16-17,21,32,42,47-48H,9,11,15,18-20H2,1H3,(H,41,45)(H,49,50)/b29-13-/t21-,32-/m1/s1. The number of nitrogens with one attached hydrogen (secondary N) is 2. The van der Waals surface area contributed by atoms with E-state index in [1.165, 1.54) is 6.08 Å². The Morgan fingerprint density at radius 2 is 1.82 bits per heavy atom. The first kappa shape index (κ1) is 35.3. The second-order valence-electron chi connectivity index (χ2n) is 12.2. The maximum absolute atomic E-state index is 15.6. The van der Waals surface area contributed by atoms with E-state index in [1.54, 1.807) is 55.8 Å². The van der Waals surface area contributed by atoms with E-state index < -0.39 is 30.5 Å². The van der Waals surface area contributed by atoms with Gasteiger partial charge in [0.15, 0.2) is 5.82 Å². The van der Waals surface area contributed by atoms with Crippen LogP contribution >= 0.6 is 23.2 Å². The lowest BCUT2D eigenvalue weighted by molar-refractivity contribution is -0.140. The Kier molecular flexibility index (Phi) is 11.0. The highest BCUT2D eigenvalue weighted by atomic mass is 35.5. The van der Waals surface area contributed by atoms with Gasteiger partial charge in [0.2, 0.25) is 0 Å². The summed E-state index contributed by atoms with van der Waals surface area (Å²) in [6.07, 6.45) is 6.64. The lowest BCUT2D eigenvalue weighted by Gasteiger charge is -2.29. The number of carboxylic acids is 1. The molecule has 2 aromatic carbocycles. The van der Waals surface area contributed by atoms with Gasteiger partial charge in [-0.05, 0) is 65.9 Å². The minimum atomic E-state index is -1.14. The van der Waals surface area contributed by atoms with Crippen molar-refractivity contribution in [3.63, 3.8) is 0 Å². The van der Waals surface area contributed by atoms with Gasteiger partial charge in [-0.1, -0.05) is 53.5 Å². The summed E-state index contributed by atoms with van der Waals surface area (Å²) in [5, 5.41) is 35.7. The number of fused-ring (bicyclic) bond motifs is 2. The van der Waals surface area contributed by atoms with Crippen molar-refractivity contribution in [3.05, 3.63) is 111 Å². The predicted octanol–water partition coefficient (Wildman–Crippen LogP) is 6.48. The molecule has 13 heteroatoms. The molecule has 5 N–H and O–H groups in total. The molecule has 0 saturated heterocycles. The lowest BCUT2D eigenvalue weighted by Crippen LogP contribution is -2.39. The van der Waals surface area contributed by atoms with E-state index in [4.69, 9.17) is 23.2 Å². The Morgan fingerprint density at radius 3 is 2.58 bits per heavy atom. The molecule has 0 spiro atoms. The third kappa shape index (κ3) is 7.94. The third-order valence-corrected chi connectivity index (χ3v) is 9.31. The molecule has 0 radical (unpaired) electrons. The summed E-state index contributed by atoms with van der Waals surface area (Å²) in [6, 6.07) is 15.1. The number of aromatic nitrogens is 3. The van der Waals surface area contributed by atoms with Crippen LogP contribution in [0.25, 0.3) is 33.9 Å². The fourth-order valence-corrected chi connectivity index (χ4v) is 6.53. The molecule has 258 valence electrons. The van der Waals surface area contributed by atoms with E-state index in [9.17, 15) is 20.1 Å². The van der Waals surface area contributed by atoms with Crippen LogP contribution in [0.5, 0.6) is 0 Å². The number of aliphatic hydroxyl groups excluding tert-OH is 2. The quantitative estimate of drug-likeness (QED) is 0.0973. The first-order valence-electron chi connectivity index (χ1n) is 16.0. The van der Waals surface area contributed by atoms with Crippen molar-refractivity contribution in [2.24, 2.45) is 0 Å². The van der Waals surface area contributed by atoms with Gasteiger partial charge in [-0.25, -0.2) is 9.37 Å². The molecule has 6 rings (SSSR count). The zero-order valence-corrected chi connectivity index (χ0v) is 28.6. The van der Waals surface area contributed by atoms with Crippen molar-refractivity contribution in [2.75, 3.05) is 25.0 Å². The SMILES string of the molecule is C[C@@H](O)CN1CCc2cc(/C(F)=C/c3cccc(-c4cccc(Nc5nccc6cc(CN[C@H](CO)C(=O)O)cnc56)c4Cl)c3Cl)ncc2C1. The number of rotatable bonds is 12. The molecule has 0 aliphatic carbocycles. The van der Waals surface area contributed by atoms with Crippen molar-refractivity contribution >= 4 is 63.5 Å². The smallest absolute Gasteiger partial charge is 0.323 e. The predicted molar refractivity (Wildman–Crippen MR) is 194 cm³/mol. The van der Waals surface area contributed by atoms with Gasteiger partial charge in [-0.3, -0.25) is 25.0 Å². The highest BCUT2D eigenvalue weighted by Gasteiger charge is 2.20. The van der Waals surface area contributed by atoms with Crippen LogP contribution in [0.15, 0.2) is 73.2 Å². The Bertz CT molecular complexity index is 2080. The molecule has 0 bridgehead atoms. The van der Waals surface area contributed by atoms with Crippen LogP contribution in [0.2, 0.25) is 10.0 Å². The van der Waals surface area contributed by atoms with Gasteiger partial charge in [-0.2, -0.15) is 0 Å². The highest BCUT2D eigenvalue weighted by molar-refractivity contribution is 6.39. The number of nitrogens with zero attached hydrogens (tertiary/aromatic N) is 4. The molecular weight excluding hydrogens is 682 g/mol. The van der Waals surface area contributed by atoms with E-state index in [0.29, 0.717) is 56.8 Å². The molecule has 0 fully saturated rings. The number of pyridine rings is 3. The normalized spacial score (nSPS) is 14.7. The number of anilines is 2. The summed E-state index contributed by atoms with van der Waals surface area (Å²) >= 11 is 13.8. The van der Waals surface area contributed by atoms with Gasteiger partial charge >= 0.3 is 5.97 Å². The van der Waals surface area contributed by atoms with Crippen molar-refractivity contribution in [1.82, 2.24) is 25.2 Å². The fraction of sp³-hybridized carbons (Fsp3) is 0.243. The van der Waals surface area contributed by atoms with Crippen molar-refractivity contribution in [3.8, 4) is 11.1 Å². The molecule has 1 aliphatic rings. The van der Waals surface area contributed by atoms with Crippen LogP contribution in [-0.4, -0.2) is 73.0 Å². The second kappa shape index (κ2) is 15.6. The first-order chi connectivity index (χ1) is 24.1. The summed E-state index contributed by atoms with van der Waals surface area (Å²) in [6.45, 7) is 3.46. The Balaban J connectivity index is 1.23. The number of hydrogen-bond acceptors (Lipinski definition) is 9. The van der Waals surface area contributed by atoms with Gasteiger partial charge in [0, 0.05) is 61.3 Å². The van der Waals surface area contributed by atoms with Gasteiger partial charge in [-0.15, -0.1) is 0 Å². The van der Waals surface area contributed by atoms with Gasteiger partial charge in [0.1, 0.15) is 17.4 Å². The Labute approximate surface area is 298 Å². The largest absolute Gasteiger partial charge is 0.480 e. The molecule has 5 aromatic rings. The number of halogens is 3. The molecular formula is C37H35Cl2FN6O4. The highest BCUT2D eigenvalue weighted by Crippen LogP contribution is 2.40. The van der Waals surface area contributed by atoms with Crippen LogP contribution < -0.4 is 10.6 Å². The number of aliphatic hydroxyl groups is 2. The molecule has 50 heavy (non-hydrogen) atoms. The van der Waals surface area contributed by atoms with Crippen LogP contribution in [0, 0.1) is 0 Å². The monoisotopic (exact) mass is 716 g/mol. The van der Waals surface area contributed by atoms with E-state index in [1.807, 2.05) is 24.3 Å². The maximum atomic E-state index is 15.6. The van der Waals surface area contributed by atoms with Crippen LogP contribution in [0.4, 0.5) is 15.9 Å². The topological polar surface area (TPSA) is 144 Å². The number of aliphatic carboxylic acids is 1. The molecule has 10 nitrogen and oxygen atoms in total. The van der Waals surface area contributed by atoms with Gasteiger partial charge < -0.3 is 20.6 Å². The molecule has 0 unspecified atom stereocenters. The van der Waals surface area contributed by atoms with Crippen LogP contribution in [0.3, 0.4) is 0 Å². The van der Waals surface area contributed by atoms with Gasteiger partial charge in [0.05, 0.1) is 34.1 Å². The molecule has 0 amide bonds. The number of carboxylic acid groups (broad SMARTS) is 1. The summed E-state index contributed by atoms with van der Waals surface area (Å²) in [5.41, 5.74) is 5.86. The third-order valence-electron chi connectivity index (χ3n) is 8.48. The summed E-state index contributed by atoms with van der Waals surface area (Å²) in [4.78, 5) is 26.8. The Hall–Kier alpha value is -4.49. The Morgan fingerprint density at radius 1 is 1.04 bits per heavy atom. The molecule has 3 aromatic heterocycles. The molecule has 4 heterocycles.